The summed E-state index contributed by atoms with van der Waals surface area (Å²) in [6, 6.07) is 3.56. The van der Waals surface area contributed by atoms with Gasteiger partial charge in [-0.2, -0.15) is 0 Å². The first-order valence-corrected chi connectivity index (χ1v) is 6.61. The van der Waals surface area contributed by atoms with Crippen LogP contribution in [0, 0.1) is 5.82 Å². The fourth-order valence-electron chi connectivity index (χ4n) is 1.53. The van der Waals surface area contributed by atoms with Gasteiger partial charge < -0.3 is 20.5 Å². The fourth-order valence-corrected chi connectivity index (χ4v) is 1.53. The highest BCUT2D eigenvalue weighted by Gasteiger charge is 2.27. The number of carbonyl (C=O) groups is 1. The summed E-state index contributed by atoms with van der Waals surface area (Å²) in [5.41, 5.74) is 5.11. The van der Waals surface area contributed by atoms with Crippen LogP contribution in [-0.2, 0) is 16.1 Å². The van der Waals surface area contributed by atoms with Crippen LogP contribution in [0.2, 0.25) is 0 Å². The van der Waals surface area contributed by atoms with Crippen molar-refractivity contribution >= 4 is 18.3 Å². The molecule has 0 aliphatic rings. The van der Waals surface area contributed by atoms with Crippen molar-refractivity contribution in [3.8, 4) is 0 Å². The number of rotatable bonds is 9. The average Bonchev–Trinajstić information content (AvgIpc) is 2.51. The van der Waals surface area contributed by atoms with Crippen molar-refractivity contribution in [1.82, 2.24) is 5.32 Å². The molecule has 0 saturated heterocycles. The average molecular weight is 357 g/mol. The van der Waals surface area contributed by atoms with Crippen LogP contribution in [-0.4, -0.2) is 45.2 Å². The normalized spacial score (nSPS) is 11.0. The van der Waals surface area contributed by atoms with E-state index in [-0.39, 0.29) is 36.7 Å². The molecular weight excluding hydrogens is 337 g/mol. The summed E-state index contributed by atoms with van der Waals surface area (Å²) < 4.78 is 49.5. The van der Waals surface area contributed by atoms with Crippen LogP contribution in [0.25, 0.3) is 0 Å². The van der Waals surface area contributed by atoms with E-state index in [9.17, 15) is 18.0 Å². The SMILES string of the molecule is COCCOCc1cc(C(=O)NCC(F)(F)CN)ccc1F.Cl. The minimum atomic E-state index is -3.18. The first kappa shape index (κ1) is 21.6. The summed E-state index contributed by atoms with van der Waals surface area (Å²) >= 11 is 0. The molecule has 3 N–H and O–H groups in total. The Kier molecular flexibility index (Phi) is 9.82. The largest absolute Gasteiger partial charge is 0.382 e. The second-order valence-corrected chi connectivity index (χ2v) is 4.59. The van der Waals surface area contributed by atoms with Crippen molar-refractivity contribution in [3.63, 3.8) is 0 Å². The van der Waals surface area contributed by atoms with Crippen molar-refractivity contribution in [2.75, 3.05) is 33.4 Å². The Morgan fingerprint density at radius 2 is 2.04 bits per heavy atom. The van der Waals surface area contributed by atoms with Gasteiger partial charge in [0.15, 0.2) is 0 Å². The van der Waals surface area contributed by atoms with Crippen molar-refractivity contribution < 1.29 is 27.4 Å². The summed E-state index contributed by atoms with van der Waals surface area (Å²) in [7, 11) is 1.51. The van der Waals surface area contributed by atoms with Gasteiger partial charge in [-0.05, 0) is 18.2 Å². The molecule has 1 aromatic rings. The van der Waals surface area contributed by atoms with Crippen LogP contribution >= 0.6 is 12.4 Å². The highest BCUT2D eigenvalue weighted by molar-refractivity contribution is 5.94. The van der Waals surface area contributed by atoms with Gasteiger partial charge in [0.25, 0.3) is 11.8 Å². The number of halogens is 4. The number of benzene rings is 1. The van der Waals surface area contributed by atoms with Crippen LogP contribution < -0.4 is 11.1 Å². The third kappa shape index (κ3) is 7.65. The zero-order chi connectivity index (χ0) is 16.6. The van der Waals surface area contributed by atoms with Gasteiger partial charge in [-0.25, -0.2) is 13.2 Å². The Bertz CT molecular complexity index is 504. The summed E-state index contributed by atoms with van der Waals surface area (Å²) in [5, 5.41) is 2.06. The quantitative estimate of drug-likeness (QED) is 0.661. The third-order valence-electron chi connectivity index (χ3n) is 2.80. The van der Waals surface area contributed by atoms with E-state index in [0.717, 1.165) is 6.07 Å². The van der Waals surface area contributed by atoms with Crippen LogP contribution in [0.1, 0.15) is 15.9 Å². The molecule has 1 aromatic carbocycles. The van der Waals surface area contributed by atoms with Gasteiger partial charge >= 0.3 is 0 Å². The molecule has 0 aliphatic heterocycles. The molecule has 5 nitrogen and oxygen atoms in total. The first-order valence-electron chi connectivity index (χ1n) is 6.61. The van der Waals surface area contributed by atoms with E-state index in [1.165, 1.54) is 19.2 Å². The predicted molar refractivity (Wildman–Crippen MR) is 81.5 cm³/mol. The second kappa shape index (κ2) is 10.4. The number of methoxy groups -OCH3 is 1. The lowest BCUT2D eigenvalue weighted by atomic mass is 10.1. The molecule has 23 heavy (non-hydrogen) atoms. The molecule has 9 heteroatoms. The highest BCUT2D eigenvalue weighted by Crippen LogP contribution is 2.13. The molecule has 1 rings (SSSR count). The van der Waals surface area contributed by atoms with Gasteiger partial charge in [-0.15, -0.1) is 12.4 Å². The van der Waals surface area contributed by atoms with Crippen LogP contribution in [0.15, 0.2) is 18.2 Å². The summed E-state index contributed by atoms with van der Waals surface area (Å²) in [4.78, 5) is 11.8. The van der Waals surface area contributed by atoms with E-state index in [0.29, 0.717) is 6.61 Å². The second-order valence-electron chi connectivity index (χ2n) is 4.59. The maximum Gasteiger partial charge on any atom is 0.277 e. The molecule has 132 valence electrons. The van der Waals surface area contributed by atoms with Crippen molar-refractivity contribution in [3.05, 3.63) is 35.1 Å². The lowest BCUT2D eigenvalue weighted by molar-refractivity contribution is 0.0118. The van der Waals surface area contributed by atoms with E-state index in [2.05, 4.69) is 5.32 Å². The van der Waals surface area contributed by atoms with Crippen LogP contribution in [0.4, 0.5) is 13.2 Å². The molecule has 0 saturated carbocycles. The number of ether oxygens (including phenoxy) is 2. The molecule has 0 unspecified atom stereocenters. The predicted octanol–water partition coefficient (Wildman–Crippen LogP) is 1.73. The van der Waals surface area contributed by atoms with E-state index in [4.69, 9.17) is 15.2 Å². The Morgan fingerprint density at radius 1 is 1.35 bits per heavy atom. The molecule has 1 amide bonds. The monoisotopic (exact) mass is 356 g/mol. The van der Waals surface area contributed by atoms with Crippen LogP contribution in [0.3, 0.4) is 0 Å². The van der Waals surface area contributed by atoms with Crippen molar-refractivity contribution in [1.29, 1.82) is 0 Å². The molecule has 0 spiro atoms. The molecule has 0 heterocycles. The van der Waals surface area contributed by atoms with Gasteiger partial charge in [-0.3, -0.25) is 4.79 Å². The number of hydrogen-bond donors (Lipinski definition) is 2. The van der Waals surface area contributed by atoms with Crippen LogP contribution in [0.5, 0.6) is 0 Å². The Balaban J connectivity index is 0.00000484. The molecule has 0 aromatic heterocycles. The molecule has 0 atom stereocenters. The van der Waals surface area contributed by atoms with Gasteiger partial charge in [0.1, 0.15) is 5.82 Å². The topological polar surface area (TPSA) is 73.6 Å². The fraction of sp³-hybridized carbons (Fsp3) is 0.500. The number of carbonyl (C=O) groups excluding carboxylic acids is 1. The zero-order valence-electron chi connectivity index (χ0n) is 12.6. The first-order chi connectivity index (χ1) is 10.4. The van der Waals surface area contributed by atoms with E-state index < -0.39 is 30.7 Å². The minimum Gasteiger partial charge on any atom is -0.382 e. The lowest BCUT2D eigenvalue weighted by Crippen LogP contribution is -2.41. The lowest BCUT2D eigenvalue weighted by Gasteiger charge is -2.15. The molecular formula is C14H20ClF3N2O3. The van der Waals surface area contributed by atoms with Crippen molar-refractivity contribution in [2.24, 2.45) is 5.73 Å². The molecule has 0 radical (unpaired) electrons. The molecule has 0 aliphatic carbocycles. The van der Waals surface area contributed by atoms with Gasteiger partial charge in [-0.1, -0.05) is 0 Å². The number of nitrogens with one attached hydrogen (secondary N) is 1. The Morgan fingerprint density at radius 3 is 2.65 bits per heavy atom. The third-order valence-corrected chi connectivity index (χ3v) is 2.80. The number of alkyl halides is 2. The number of nitrogens with two attached hydrogens (primary N) is 1. The standard InChI is InChI=1S/C14H19F3N2O3.ClH/c1-21-4-5-22-7-11-6-10(2-3-12(11)15)13(20)19-9-14(16,17)8-18;/h2-3,6H,4-5,7-9,18H2,1H3,(H,19,20);1H. The van der Waals surface area contributed by atoms with Gasteiger partial charge in [0.05, 0.1) is 32.9 Å². The summed E-state index contributed by atoms with van der Waals surface area (Å²) in [5.74, 6) is -4.45. The minimum absolute atomic E-state index is 0. The molecule has 0 bridgehead atoms. The molecule has 0 fully saturated rings. The summed E-state index contributed by atoms with van der Waals surface area (Å²) in [6.07, 6.45) is 0. The van der Waals surface area contributed by atoms with Crippen molar-refractivity contribution in [2.45, 2.75) is 12.5 Å². The smallest absolute Gasteiger partial charge is 0.277 e. The van der Waals surface area contributed by atoms with Gasteiger partial charge in [0, 0.05) is 18.2 Å². The summed E-state index contributed by atoms with van der Waals surface area (Å²) in [6.45, 7) is -1.16. The van der Waals surface area contributed by atoms with Gasteiger partial charge in [0.2, 0.25) is 0 Å². The number of amides is 1. The Labute approximate surface area is 138 Å². The zero-order valence-corrected chi connectivity index (χ0v) is 13.4. The maximum atomic E-state index is 13.6. The van der Waals surface area contributed by atoms with E-state index in [1.807, 2.05) is 0 Å². The number of hydrogen-bond acceptors (Lipinski definition) is 4. The maximum absolute atomic E-state index is 13.6. The Hall–Kier alpha value is -1.35. The van der Waals surface area contributed by atoms with E-state index in [1.54, 1.807) is 0 Å². The highest BCUT2D eigenvalue weighted by atomic mass is 35.5. The van der Waals surface area contributed by atoms with E-state index >= 15 is 0 Å².